The van der Waals surface area contributed by atoms with Gasteiger partial charge < -0.3 is 14.8 Å². The van der Waals surface area contributed by atoms with Gasteiger partial charge in [0.1, 0.15) is 5.75 Å². The van der Waals surface area contributed by atoms with Gasteiger partial charge in [0.25, 0.3) is 5.91 Å². The molecule has 1 aliphatic rings. The molecule has 1 aliphatic heterocycles. The molecule has 1 heterocycles. The second-order valence-electron chi connectivity index (χ2n) is 4.91. The SMILES string of the molecule is Cc1ccccc1OCC(=O)OC(C)C(=O)N1CCNC1=O. The average Bonchev–Trinajstić information content (AvgIpc) is 2.91. The van der Waals surface area contributed by atoms with Gasteiger partial charge >= 0.3 is 12.0 Å². The standard InChI is InChI=1S/C15H18N2O5/c1-10-5-3-4-6-12(10)21-9-13(18)22-11(2)14(19)17-8-7-16-15(17)20/h3-6,11H,7-9H2,1-2H3,(H,16,20). The van der Waals surface area contributed by atoms with E-state index in [2.05, 4.69) is 5.32 Å². The topological polar surface area (TPSA) is 84.9 Å². The molecule has 118 valence electrons. The number of rotatable bonds is 5. The van der Waals surface area contributed by atoms with Crippen molar-refractivity contribution in [2.75, 3.05) is 19.7 Å². The van der Waals surface area contributed by atoms with Crippen molar-refractivity contribution in [2.45, 2.75) is 20.0 Å². The summed E-state index contributed by atoms with van der Waals surface area (Å²) in [4.78, 5) is 36.1. The number of ether oxygens (including phenoxy) is 2. The fraction of sp³-hybridized carbons (Fsp3) is 0.400. The van der Waals surface area contributed by atoms with Crippen LogP contribution < -0.4 is 10.1 Å². The zero-order chi connectivity index (χ0) is 16.1. The van der Waals surface area contributed by atoms with E-state index in [1.807, 2.05) is 19.1 Å². The molecule has 2 rings (SSSR count). The molecule has 7 nitrogen and oxygen atoms in total. The highest BCUT2D eigenvalue weighted by Gasteiger charge is 2.31. The molecule has 0 aliphatic carbocycles. The maximum atomic E-state index is 12.0. The molecule has 3 amide bonds. The van der Waals surface area contributed by atoms with E-state index in [9.17, 15) is 14.4 Å². The Morgan fingerprint density at radius 3 is 2.73 bits per heavy atom. The minimum absolute atomic E-state index is 0.277. The van der Waals surface area contributed by atoms with Crippen molar-refractivity contribution in [3.05, 3.63) is 29.8 Å². The third-order valence-electron chi connectivity index (χ3n) is 3.22. The fourth-order valence-corrected chi connectivity index (χ4v) is 2.04. The lowest BCUT2D eigenvalue weighted by atomic mass is 10.2. The van der Waals surface area contributed by atoms with Gasteiger partial charge in [-0.05, 0) is 25.5 Å². The third-order valence-corrected chi connectivity index (χ3v) is 3.22. The van der Waals surface area contributed by atoms with Crippen molar-refractivity contribution in [1.29, 1.82) is 0 Å². The lowest BCUT2D eigenvalue weighted by molar-refractivity contribution is -0.159. The number of nitrogens with zero attached hydrogens (tertiary/aromatic N) is 1. The number of imide groups is 1. The summed E-state index contributed by atoms with van der Waals surface area (Å²) in [5.41, 5.74) is 0.896. The Kier molecular flexibility index (Phi) is 4.98. The van der Waals surface area contributed by atoms with Gasteiger partial charge in [0.15, 0.2) is 12.7 Å². The summed E-state index contributed by atoms with van der Waals surface area (Å²) in [6.07, 6.45) is -1.03. The first kappa shape index (κ1) is 15.8. The zero-order valence-electron chi connectivity index (χ0n) is 12.5. The van der Waals surface area contributed by atoms with Crippen LogP contribution in [0.25, 0.3) is 0 Å². The normalized spacial score (nSPS) is 15.2. The Hall–Kier alpha value is -2.57. The maximum absolute atomic E-state index is 12.0. The van der Waals surface area contributed by atoms with Crippen molar-refractivity contribution in [1.82, 2.24) is 10.2 Å². The highest BCUT2D eigenvalue weighted by Crippen LogP contribution is 2.16. The van der Waals surface area contributed by atoms with Gasteiger partial charge in [0.05, 0.1) is 0 Å². The minimum atomic E-state index is -1.03. The highest BCUT2D eigenvalue weighted by atomic mass is 16.6. The number of amides is 3. The molecular formula is C15H18N2O5. The van der Waals surface area contributed by atoms with Crippen LogP contribution in [0.15, 0.2) is 24.3 Å². The third kappa shape index (κ3) is 3.75. The van der Waals surface area contributed by atoms with Crippen molar-refractivity contribution < 1.29 is 23.9 Å². The Bertz CT molecular complexity index is 587. The van der Waals surface area contributed by atoms with Gasteiger partial charge in [-0.25, -0.2) is 9.59 Å². The lowest BCUT2D eigenvalue weighted by Gasteiger charge is -2.18. The van der Waals surface area contributed by atoms with Gasteiger partial charge in [-0.2, -0.15) is 0 Å². The van der Waals surface area contributed by atoms with E-state index in [0.717, 1.165) is 10.5 Å². The molecule has 0 aromatic heterocycles. The molecule has 1 saturated heterocycles. The number of esters is 1. The second kappa shape index (κ2) is 6.93. The number of carbonyl (C=O) groups is 3. The Labute approximate surface area is 128 Å². The van der Waals surface area contributed by atoms with Crippen molar-refractivity contribution >= 4 is 17.9 Å². The van der Waals surface area contributed by atoms with Crippen LogP contribution in [0.5, 0.6) is 5.75 Å². The number of nitrogens with one attached hydrogen (secondary N) is 1. The van der Waals surface area contributed by atoms with Crippen LogP contribution in [0.1, 0.15) is 12.5 Å². The lowest BCUT2D eigenvalue weighted by Crippen LogP contribution is -2.42. The molecule has 1 unspecified atom stereocenters. The number of urea groups is 1. The van der Waals surface area contributed by atoms with Gasteiger partial charge in [-0.3, -0.25) is 9.69 Å². The van der Waals surface area contributed by atoms with E-state index in [1.165, 1.54) is 6.92 Å². The first-order valence-electron chi connectivity index (χ1n) is 6.96. The predicted octanol–water partition coefficient (Wildman–Crippen LogP) is 0.857. The smallest absolute Gasteiger partial charge is 0.344 e. The van der Waals surface area contributed by atoms with E-state index in [0.29, 0.717) is 12.3 Å². The summed E-state index contributed by atoms with van der Waals surface area (Å²) in [7, 11) is 0. The number of hydrogen-bond donors (Lipinski definition) is 1. The summed E-state index contributed by atoms with van der Waals surface area (Å²) >= 11 is 0. The molecule has 0 radical (unpaired) electrons. The average molecular weight is 306 g/mol. The molecule has 1 aromatic rings. The monoisotopic (exact) mass is 306 g/mol. The molecule has 7 heteroatoms. The van der Waals surface area contributed by atoms with Crippen LogP contribution in [0, 0.1) is 6.92 Å². The van der Waals surface area contributed by atoms with Crippen LogP contribution in [0.2, 0.25) is 0 Å². The molecule has 22 heavy (non-hydrogen) atoms. The van der Waals surface area contributed by atoms with E-state index in [4.69, 9.17) is 9.47 Å². The number of hydrogen-bond acceptors (Lipinski definition) is 5. The number of aryl methyl sites for hydroxylation is 1. The maximum Gasteiger partial charge on any atom is 0.344 e. The van der Waals surface area contributed by atoms with Crippen LogP contribution in [0.3, 0.4) is 0 Å². The Morgan fingerprint density at radius 1 is 1.36 bits per heavy atom. The first-order valence-corrected chi connectivity index (χ1v) is 6.96. The summed E-state index contributed by atoms with van der Waals surface area (Å²) < 4.78 is 10.3. The Morgan fingerprint density at radius 2 is 2.09 bits per heavy atom. The zero-order valence-corrected chi connectivity index (χ0v) is 12.5. The van der Waals surface area contributed by atoms with Gasteiger partial charge in [-0.15, -0.1) is 0 Å². The van der Waals surface area contributed by atoms with Gasteiger partial charge in [-0.1, -0.05) is 18.2 Å². The molecule has 1 aromatic carbocycles. The summed E-state index contributed by atoms with van der Waals surface area (Å²) in [6.45, 7) is 3.67. The fourth-order valence-electron chi connectivity index (χ4n) is 2.04. The summed E-state index contributed by atoms with van der Waals surface area (Å²) in [5.74, 6) is -0.625. The Balaban J connectivity index is 1.82. The quantitative estimate of drug-likeness (QED) is 0.816. The number of carbonyl (C=O) groups excluding carboxylic acids is 3. The molecule has 0 bridgehead atoms. The number of para-hydroxylation sites is 1. The molecular weight excluding hydrogens is 288 g/mol. The molecule has 1 N–H and O–H groups in total. The predicted molar refractivity (Wildman–Crippen MR) is 77.3 cm³/mol. The molecule has 0 saturated carbocycles. The van der Waals surface area contributed by atoms with Crippen LogP contribution in [-0.4, -0.2) is 48.6 Å². The first-order chi connectivity index (χ1) is 10.5. The van der Waals surface area contributed by atoms with Gasteiger partial charge in [0, 0.05) is 13.1 Å². The van der Waals surface area contributed by atoms with Crippen molar-refractivity contribution in [2.24, 2.45) is 0 Å². The van der Waals surface area contributed by atoms with E-state index in [-0.39, 0.29) is 13.2 Å². The van der Waals surface area contributed by atoms with Gasteiger partial charge in [0.2, 0.25) is 0 Å². The van der Waals surface area contributed by atoms with Crippen molar-refractivity contribution in [3.8, 4) is 5.75 Å². The summed E-state index contributed by atoms with van der Waals surface area (Å²) in [5, 5.41) is 2.51. The molecule has 0 spiro atoms. The van der Waals surface area contributed by atoms with Crippen LogP contribution >= 0.6 is 0 Å². The minimum Gasteiger partial charge on any atom is -0.482 e. The molecule has 1 atom stereocenters. The van der Waals surface area contributed by atoms with E-state index in [1.54, 1.807) is 12.1 Å². The van der Waals surface area contributed by atoms with E-state index < -0.39 is 24.0 Å². The van der Waals surface area contributed by atoms with Crippen LogP contribution in [-0.2, 0) is 14.3 Å². The van der Waals surface area contributed by atoms with Crippen molar-refractivity contribution in [3.63, 3.8) is 0 Å². The van der Waals surface area contributed by atoms with E-state index >= 15 is 0 Å². The largest absolute Gasteiger partial charge is 0.482 e. The number of benzene rings is 1. The highest BCUT2D eigenvalue weighted by molar-refractivity contribution is 5.98. The molecule has 1 fully saturated rings. The van der Waals surface area contributed by atoms with Crippen LogP contribution in [0.4, 0.5) is 4.79 Å². The summed E-state index contributed by atoms with van der Waals surface area (Å²) in [6, 6.07) is 6.79. The second-order valence-corrected chi connectivity index (χ2v) is 4.91.